The molecular weight excluding hydrogens is 411 g/mol. The van der Waals surface area contributed by atoms with Crippen LogP contribution >= 0.6 is 22.6 Å². The van der Waals surface area contributed by atoms with Gasteiger partial charge in [0.05, 0.1) is 0 Å². The van der Waals surface area contributed by atoms with Crippen molar-refractivity contribution >= 4 is 34.4 Å². The number of carbonyl (C=O) groups is 2. The van der Waals surface area contributed by atoms with Gasteiger partial charge in [-0.1, -0.05) is 0 Å². The topological polar surface area (TPSA) is 84.2 Å². The van der Waals surface area contributed by atoms with Crippen molar-refractivity contribution in [3.05, 3.63) is 39.7 Å². The average molecular weight is 426 g/mol. The molecule has 2 heterocycles. The molecule has 2 amide bonds. The number of hydrogen-bond donors (Lipinski definition) is 0. The van der Waals surface area contributed by atoms with Gasteiger partial charge in [0.2, 0.25) is 5.91 Å². The molecule has 0 aliphatic carbocycles. The van der Waals surface area contributed by atoms with Crippen LogP contribution < -0.4 is 0 Å². The predicted octanol–water partition coefficient (Wildman–Crippen LogP) is 0.262. The number of nitrogens with zero attached hydrogens (tertiary/aromatic N) is 6. The Morgan fingerprint density at radius 1 is 1.04 bits per heavy atom. The van der Waals surface area contributed by atoms with E-state index in [0.29, 0.717) is 31.7 Å². The van der Waals surface area contributed by atoms with E-state index in [2.05, 4.69) is 38.1 Å². The van der Waals surface area contributed by atoms with Gasteiger partial charge in [0.1, 0.15) is 12.9 Å². The molecule has 23 heavy (non-hydrogen) atoms. The average Bonchev–Trinajstić information content (AvgIpc) is 3.08. The Morgan fingerprint density at radius 3 is 2.30 bits per heavy atom. The number of halogens is 1. The third-order valence-corrected chi connectivity index (χ3v) is 4.42. The van der Waals surface area contributed by atoms with E-state index in [9.17, 15) is 9.59 Å². The van der Waals surface area contributed by atoms with Crippen LogP contribution in [0.25, 0.3) is 0 Å². The summed E-state index contributed by atoms with van der Waals surface area (Å²) in [6.07, 6.45) is 1.41. The van der Waals surface area contributed by atoms with Crippen LogP contribution in [0.3, 0.4) is 0 Å². The highest BCUT2D eigenvalue weighted by atomic mass is 127. The van der Waals surface area contributed by atoms with E-state index in [0.717, 1.165) is 3.57 Å². The van der Waals surface area contributed by atoms with Gasteiger partial charge >= 0.3 is 0 Å². The predicted molar refractivity (Wildman–Crippen MR) is 89.5 cm³/mol. The summed E-state index contributed by atoms with van der Waals surface area (Å²) in [4.78, 5) is 28.1. The molecule has 0 N–H and O–H groups in total. The van der Waals surface area contributed by atoms with Gasteiger partial charge < -0.3 is 9.80 Å². The first-order valence-corrected chi connectivity index (χ1v) is 8.25. The van der Waals surface area contributed by atoms with Gasteiger partial charge in [-0.3, -0.25) is 9.59 Å². The van der Waals surface area contributed by atoms with E-state index in [-0.39, 0.29) is 18.4 Å². The van der Waals surface area contributed by atoms with Crippen LogP contribution in [-0.2, 0) is 11.3 Å². The Balaban J connectivity index is 1.54. The van der Waals surface area contributed by atoms with Gasteiger partial charge in [-0.25, -0.2) is 4.68 Å². The molecular formula is C14H15IN6O2. The van der Waals surface area contributed by atoms with Crippen LogP contribution in [0.2, 0.25) is 0 Å². The number of tetrazole rings is 1. The molecule has 1 aliphatic heterocycles. The molecule has 9 heteroatoms. The van der Waals surface area contributed by atoms with Gasteiger partial charge in [0.15, 0.2) is 0 Å². The van der Waals surface area contributed by atoms with Crippen LogP contribution in [0, 0.1) is 3.57 Å². The summed E-state index contributed by atoms with van der Waals surface area (Å²) in [5, 5.41) is 10.7. The quantitative estimate of drug-likeness (QED) is 0.658. The number of carbonyl (C=O) groups excluding carboxylic acids is 2. The Morgan fingerprint density at radius 2 is 1.70 bits per heavy atom. The minimum absolute atomic E-state index is 0.00831. The Bertz CT molecular complexity index is 680. The summed E-state index contributed by atoms with van der Waals surface area (Å²) in [6, 6.07) is 7.50. The lowest BCUT2D eigenvalue weighted by Gasteiger charge is -2.34. The summed E-state index contributed by atoms with van der Waals surface area (Å²) in [5.74, 6) is -0.0346. The van der Waals surface area contributed by atoms with Crippen molar-refractivity contribution in [2.24, 2.45) is 0 Å². The zero-order valence-electron chi connectivity index (χ0n) is 12.3. The van der Waals surface area contributed by atoms with E-state index in [1.807, 2.05) is 24.3 Å². The van der Waals surface area contributed by atoms with Crippen molar-refractivity contribution in [3.8, 4) is 0 Å². The minimum Gasteiger partial charge on any atom is -0.338 e. The molecule has 1 saturated heterocycles. The fraction of sp³-hybridized carbons (Fsp3) is 0.357. The molecule has 0 unspecified atom stereocenters. The fourth-order valence-corrected chi connectivity index (χ4v) is 2.78. The molecule has 120 valence electrons. The van der Waals surface area contributed by atoms with Crippen LogP contribution in [0.1, 0.15) is 10.4 Å². The molecule has 0 radical (unpaired) electrons. The van der Waals surface area contributed by atoms with Gasteiger partial charge in [-0.05, 0) is 57.3 Å². The van der Waals surface area contributed by atoms with Crippen molar-refractivity contribution in [1.29, 1.82) is 0 Å². The highest BCUT2D eigenvalue weighted by molar-refractivity contribution is 14.1. The van der Waals surface area contributed by atoms with Crippen molar-refractivity contribution in [2.75, 3.05) is 26.2 Å². The monoisotopic (exact) mass is 426 g/mol. The van der Waals surface area contributed by atoms with Crippen molar-refractivity contribution in [3.63, 3.8) is 0 Å². The molecule has 0 spiro atoms. The van der Waals surface area contributed by atoms with Gasteiger partial charge in [-0.2, -0.15) is 0 Å². The van der Waals surface area contributed by atoms with Crippen molar-refractivity contribution in [2.45, 2.75) is 6.54 Å². The van der Waals surface area contributed by atoms with Crippen LogP contribution in [0.4, 0.5) is 0 Å². The van der Waals surface area contributed by atoms with E-state index in [1.54, 1.807) is 9.80 Å². The maximum absolute atomic E-state index is 12.4. The molecule has 0 bridgehead atoms. The number of benzene rings is 1. The standard InChI is InChI=1S/C14H15IN6O2/c15-12-3-1-11(2-4-12)14(23)20-7-5-19(6-8-20)13(22)9-21-10-16-17-18-21/h1-4,10H,5-9H2. The zero-order chi connectivity index (χ0) is 16.2. The molecule has 2 aromatic rings. The third-order valence-electron chi connectivity index (χ3n) is 3.70. The molecule has 0 saturated carbocycles. The first-order chi connectivity index (χ1) is 11.1. The maximum atomic E-state index is 12.4. The SMILES string of the molecule is O=C(Cn1cnnn1)N1CCN(C(=O)c2ccc(I)cc2)CC1. The number of rotatable bonds is 3. The number of hydrogen-bond acceptors (Lipinski definition) is 5. The zero-order valence-corrected chi connectivity index (χ0v) is 14.5. The third kappa shape index (κ3) is 3.84. The number of aromatic nitrogens is 4. The molecule has 1 aliphatic rings. The summed E-state index contributed by atoms with van der Waals surface area (Å²) in [5.41, 5.74) is 0.680. The Labute approximate surface area is 146 Å². The fourth-order valence-electron chi connectivity index (χ4n) is 2.43. The molecule has 1 aromatic heterocycles. The van der Waals surface area contributed by atoms with E-state index in [4.69, 9.17) is 0 Å². The lowest BCUT2D eigenvalue weighted by atomic mass is 10.2. The van der Waals surface area contributed by atoms with Crippen LogP contribution in [-0.4, -0.2) is 68.0 Å². The first kappa shape index (κ1) is 15.8. The molecule has 1 fully saturated rings. The lowest BCUT2D eigenvalue weighted by molar-refractivity contribution is -0.133. The lowest BCUT2D eigenvalue weighted by Crippen LogP contribution is -2.51. The van der Waals surface area contributed by atoms with E-state index in [1.165, 1.54) is 11.0 Å². The molecule has 1 aromatic carbocycles. The van der Waals surface area contributed by atoms with E-state index >= 15 is 0 Å². The van der Waals surface area contributed by atoms with Gasteiger partial charge in [0, 0.05) is 35.3 Å². The second-order valence-corrected chi connectivity index (χ2v) is 6.43. The number of amides is 2. The highest BCUT2D eigenvalue weighted by Gasteiger charge is 2.25. The van der Waals surface area contributed by atoms with Crippen molar-refractivity contribution in [1.82, 2.24) is 30.0 Å². The summed E-state index contributed by atoms with van der Waals surface area (Å²) >= 11 is 2.21. The molecule has 8 nitrogen and oxygen atoms in total. The normalized spacial score (nSPS) is 14.8. The first-order valence-electron chi connectivity index (χ1n) is 7.17. The van der Waals surface area contributed by atoms with Gasteiger partial charge in [0.25, 0.3) is 5.91 Å². The minimum atomic E-state index is -0.0429. The number of piperazine rings is 1. The summed E-state index contributed by atoms with van der Waals surface area (Å²) in [7, 11) is 0. The second-order valence-electron chi connectivity index (χ2n) is 5.19. The highest BCUT2D eigenvalue weighted by Crippen LogP contribution is 2.12. The van der Waals surface area contributed by atoms with E-state index < -0.39 is 0 Å². The summed E-state index contributed by atoms with van der Waals surface area (Å²) < 4.78 is 2.49. The van der Waals surface area contributed by atoms with Crippen LogP contribution in [0.15, 0.2) is 30.6 Å². The molecule has 3 rings (SSSR count). The smallest absolute Gasteiger partial charge is 0.253 e. The summed E-state index contributed by atoms with van der Waals surface area (Å²) in [6.45, 7) is 2.24. The van der Waals surface area contributed by atoms with Gasteiger partial charge in [-0.15, -0.1) is 5.10 Å². The largest absolute Gasteiger partial charge is 0.338 e. The van der Waals surface area contributed by atoms with Crippen LogP contribution in [0.5, 0.6) is 0 Å². The maximum Gasteiger partial charge on any atom is 0.253 e. The Hall–Kier alpha value is -2.04. The van der Waals surface area contributed by atoms with Crippen molar-refractivity contribution < 1.29 is 9.59 Å². The Kier molecular flexibility index (Phi) is 4.84. The second kappa shape index (κ2) is 7.02. The molecule has 0 atom stereocenters.